The van der Waals surface area contributed by atoms with Gasteiger partial charge >= 0.3 is 0 Å². The van der Waals surface area contributed by atoms with Crippen LogP contribution in [0.4, 0.5) is 23.1 Å². The number of pyridine rings is 1. The summed E-state index contributed by atoms with van der Waals surface area (Å²) in [5.74, 6) is 1.42. The van der Waals surface area contributed by atoms with Crippen LogP contribution in [0.1, 0.15) is 6.92 Å². The van der Waals surface area contributed by atoms with Crippen molar-refractivity contribution in [3.05, 3.63) is 67.0 Å². The summed E-state index contributed by atoms with van der Waals surface area (Å²) in [4.78, 5) is 29.9. The van der Waals surface area contributed by atoms with E-state index in [4.69, 9.17) is 4.98 Å². The third kappa shape index (κ3) is 4.82. The average molecular weight is 454 g/mol. The van der Waals surface area contributed by atoms with Crippen molar-refractivity contribution in [1.29, 1.82) is 0 Å². The first kappa shape index (κ1) is 21.8. The van der Waals surface area contributed by atoms with E-state index in [0.717, 1.165) is 65.4 Å². The van der Waals surface area contributed by atoms with Gasteiger partial charge in [0.25, 0.3) is 0 Å². The molecule has 1 aliphatic heterocycles. The van der Waals surface area contributed by atoms with Gasteiger partial charge in [-0.1, -0.05) is 30.3 Å². The number of nitrogens with one attached hydrogen (secondary N) is 2. The van der Waals surface area contributed by atoms with Gasteiger partial charge in [0.1, 0.15) is 5.82 Å². The number of fused-ring (bicyclic) bond motifs is 1. The highest BCUT2D eigenvalue weighted by atomic mass is 16.1. The SMILES string of the molecule is CC(=O)Nc1ccc(-c2cccc3cnc(Nc4ccc(N5CCN(C)CC5)nc4)nc23)cc1. The van der Waals surface area contributed by atoms with Crippen LogP contribution in [0.2, 0.25) is 0 Å². The normalized spacial score (nSPS) is 14.2. The first-order valence-electron chi connectivity index (χ1n) is 11.4. The summed E-state index contributed by atoms with van der Waals surface area (Å²) >= 11 is 0. The predicted octanol–water partition coefficient (Wildman–Crippen LogP) is 4.15. The molecule has 1 aliphatic rings. The molecule has 0 radical (unpaired) electrons. The van der Waals surface area contributed by atoms with Crippen molar-refractivity contribution in [3.63, 3.8) is 0 Å². The summed E-state index contributed by atoms with van der Waals surface area (Å²) in [6, 6.07) is 17.8. The Kier molecular flexibility index (Phi) is 6.05. The van der Waals surface area contributed by atoms with E-state index in [0.29, 0.717) is 5.95 Å². The van der Waals surface area contributed by atoms with Crippen molar-refractivity contribution < 1.29 is 4.79 Å². The predicted molar refractivity (Wildman–Crippen MR) is 137 cm³/mol. The van der Waals surface area contributed by atoms with E-state index in [1.807, 2.05) is 67.0 Å². The largest absolute Gasteiger partial charge is 0.354 e. The van der Waals surface area contributed by atoms with Crippen molar-refractivity contribution in [2.24, 2.45) is 0 Å². The van der Waals surface area contributed by atoms with Crippen LogP contribution in [-0.2, 0) is 4.79 Å². The second-order valence-electron chi connectivity index (χ2n) is 8.52. The van der Waals surface area contributed by atoms with Crippen LogP contribution in [0.5, 0.6) is 0 Å². The van der Waals surface area contributed by atoms with Crippen LogP contribution in [0.15, 0.2) is 67.0 Å². The third-order valence-corrected chi connectivity index (χ3v) is 5.96. The maximum Gasteiger partial charge on any atom is 0.227 e. The van der Waals surface area contributed by atoms with Gasteiger partial charge in [-0.05, 0) is 36.9 Å². The van der Waals surface area contributed by atoms with Gasteiger partial charge in [0.2, 0.25) is 11.9 Å². The molecule has 1 saturated heterocycles. The second-order valence-corrected chi connectivity index (χ2v) is 8.52. The van der Waals surface area contributed by atoms with Gasteiger partial charge in [0, 0.05) is 55.9 Å². The Morgan fingerprint density at radius 1 is 0.882 bits per heavy atom. The van der Waals surface area contributed by atoms with Crippen LogP contribution >= 0.6 is 0 Å². The maximum atomic E-state index is 11.3. The molecule has 34 heavy (non-hydrogen) atoms. The number of anilines is 4. The number of piperazine rings is 1. The smallest absolute Gasteiger partial charge is 0.227 e. The topological polar surface area (TPSA) is 86.3 Å². The molecule has 3 heterocycles. The number of nitrogens with zero attached hydrogens (tertiary/aromatic N) is 5. The van der Waals surface area contributed by atoms with Crippen LogP contribution in [-0.4, -0.2) is 59.0 Å². The van der Waals surface area contributed by atoms with Gasteiger partial charge in [-0.25, -0.2) is 15.0 Å². The van der Waals surface area contributed by atoms with Crippen molar-refractivity contribution in [3.8, 4) is 11.1 Å². The van der Waals surface area contributed by atoms with E-state index in [-0.39, 0.29) is 5.91 Å². The number of amides is 1. The molecule has 2 aromatic heterocycles. The monoisotopic (exact) mass is 453 g/mol. The molecular formula is C26H27N7O. The number of hydrogen-bond donors (Lipinski definition) is 2. The van der Waals surface area contributed by atoms with Gasteiger partial charge in [-0.2, -0.15) is 0 Å². The summed E-state index contributed by atoms with van der Waals surface area (Å²) < 4.78 is 0. The number of benzene rings is 2. The van der Waals surface area contributed by atoms with Gasteiger partial charge in [0.05, 0.1) is 17.4 Å². The van der Waals surface area contributed by atoms with Crippen molar-refractivity contribution in [2.75, 3.05) is 48.8 Å². The number of hydrogen-bond acceptors (Lipinski definition) is 7. The molecule has 0 bridgehead atoms. The summed E-state index contributed by atoms with van der Waals surface area (Å²) in [7, 11) is 2.15. The number of carbonyl (C=O) groups is 1. The minimum atomic E-state index is -0.0903. The minimum Gasteiger partial charge on any atom is -0.354 e. The molecule has 2 N–H and O–H groups in total. The van der Waals surface area contributed by atoms with Crippen LogP contribution < -0.4 is 15.5 Å². The number of para-hydroxylation sites is 1. The zero-order valence-corrected chi connectivity index (χ0v) is 19.3. The lowest BCUT2D eigenvalue weighted by Crippen LogP contribution is -2.44. The fraction of sp³-hybridized carbons (Fsp3) is 0.231. The van der Waals surface area contributed by atoms with Crippen LogP contribution in [0.25, 0.3) is 22.0 Å². The minimum absolute atomic E-state index is 0.0903. The van der Waals surface area contributed by atoms with E-state index < -0.39 is 0 Å². The molecule has 0 aliphatic carbocycles. The van der Waals surface area contributed by atoms with E-state index in [9.17, 15) is 4.79 Å². The molecule has 0 unspecified atom stereocenters. The highest BCUT2D eigenvalue weighted by Gasteiger charge is 2.15. The molecule has 172 valence electrons. The van der Waals surface area contributed by atoms with Gasteiger partial charge < -0.3 is 20.4 Å². The molecule has 0 saturated carbocycles. The standard InChI is InChI=1S/C26H27N7O/c1-18(34)29-21-8-6-19(7-9-21)23-5-3-4-20-16-28-26(31-25(20)23)30-22-10-11-24(27-17-22)33-14-12-32(2)13-15-33/h3-11,16-17H,12-15H2,1-2H3,(H,29,34)(H,28,30,31). The zero-order valence-electron chi connectivity index (χ0n) is 19.3. The fourth-order valence-corrected chi connectivity index (χ4v) is 4.10. The van der Waals surface area contributed by atoms with Crippen molar-refractivity contribution in [1.82, 2.24) is 19.9 Å². The van der Waals surface area contributed by atoms with Crippen molar-refractivity contribution in [2.45, 2.75) is 6.92 Å². The van der Waals surface area contributed by atoms with Crippen LogP contribution in [0, 0.1) is 0 Å². The number of carbonyl (C=O) groups excluding carboxylic acids is 1. The highest BCUT2D eigenvalue weighted by Crippen LogP contribution is 2.29. The maximum absolute atomic E-state index is 11.3. The number of rotatable bonds is 5. The number of aromatic nitrogens is 3. The lowest BCUT2D eigenvalue weighted by Gasteiger charge is -2.33. The molecule has 8 heteroatoms. The molecule has 0 spiro atoms. The molecular weight excluding hydrogens is 426 g/mol. The molecule has 1 fully saturated rings. The molecule has 1 amide bonds. The molecule has 8 nitrogen and oxygen atoms in total. The molecule has 0 atom stereocenters. The Hall–Kier alpha value is -4.04. The zero-order chi connectivity index (χ0) is 23.5. The second kappa shape index (κ2) is 9.44. The Balaban J connectivity index is 1.37. The Morgan fingerprint density at radius 3 is 2.35 bits per heavy atom. The Labute approximate surface area is 198 Å². The van der Waals surface area contributed by atoms with E-state index in [1.54, 1.807) is 0 Å². The summed E-state index contributed by atoms with van der Waals surface area (Å²) in [5, 5.41) is 7.04. The van der Waals surface area contributed by atoms with E-state index in [2.05, 4.69) is 37.4 Å². The van der Waals surface area contributed by atoms with Gasteiger partial charge in [-0.15, -0.1) is 0 Å². The van der Waals surface area contributed by atoms with Gasteiger partial charge in [0.15, 0.2) is 0 Å². The van der Waals surface area contributed by atoms with Crippen LogP contribution in [0.3, 0.4) is 0 Å². The summed E-state index contributed by atoms with van der Waals surface area (Å²) in [6.45, 7) is 5.56. The van der Waals surface area contributed by atoms with Gasteiger partial charge in [-0.3, -0.25) is 4.79 Å². The summed E-state index contributed by atoms with van der Waals surface area (Å²) in [6.07, 6.45) is 3.65. The quantitative estimate of drug-likeness (QED) is 0.470. The third-order valence-electron chi connectivity index (χ3n) is 5.96. The lowest BCUT2D eigenvalue weighted by atomic mass is 10.0. The molecule has 4 aromatic rings. The Bertz CT molecular complexity index is 1300. The molecule has 2 aromatic carbocycles. The summed E-state index contributed by atoms with van der Waals surface area (Å²) in [5.41, 5.74) is 4.48. The molecule has 5 rings (SSSR count). The average Bonchev–Trinajstić information content (AvgIpc) is 2.85. The van der Waals surface area contributed by atoms with E-state index in [1.165, 1.54) is 6.92 Å². The fourth-order valence-electron chi connectivity index (χ4n) is 4.10. The van der Waals surface area contributed by atoms with E-state index >= 15 is 0 Å². The highest BCUT2D eigenvalue weighted by molar-refractivity contribution is 5.94. The Morgan fingerprint density at radius 2 is 1.65 bits per heavy atom. The lowest BCUT2D eigenvalue weighted by molar-refractivity contribution is -0.114. The van der Waals surface area contributed by atoms with Crippen molar-refractivity contribution >= 4 is 40.0 Å². The first-order chi connectivity index (χ1) is 16.5. The first-order valence-corrected chi connectivity index (χ1v) is 11.4. The number of likely N-dealkylation sites (N-methyl/N-ethyl adjacent to an activating group) is 1.